The van der Waals surface area contributed by atoms with Gasteiger partial charge in [-0.25, -0.2) is 4.57 Å². The molecule has 0 rings (SSSR count). The predicted molar refractivity (Wildman–Crippen MR) is 31.1 cm³/mol. The van der Waals surface area contributed by atoms with Crippen LogP contribution in [0, 0.1) is 0 Å². The van der Waals surface area contributed by atoms with Crippen LogP contribution in [-0.2, 0) is 26.2 Å². The molecule has 0 amide bonds. The second-order valence-electron chi connectivity index (χ2n) is 1.62. The van der Waals surface area contributed by atoms with Gasteiger partial charge in [-0.3, -0.25) is 4.52 Å². The Bertz CT molecular complexity index is 134. The van der Waals surface area contributed by atoms with Crippen molar-refractivity contribution in [1.82, 2.24) is 0 Å². The molecular weight excluding hydrogens is 227 g/mol. The van der Waals surface area contributed by atoms with E-state index >= 15 is 0 Å². The van der Waals surface area contributed by atoms with E-state index in [0.717, 1.165) is 0 Å². The summed E-state index contributed by atoms with van der Waals surface area (Å²) in [6.45, 7) is -1.15. The van der Waals surface area contributed by atoms with Gasteiger partial charge in [0.2, 0.25) is 0 Å². The first-order valence-electron chi connectivity index (χ1n) is 2.44. The van der Waals surface area contributed by atoms with Crippen molar-refractivity contribution in [2.24, 2.45) is 0 Å². The summed E-state index contributed by atoms with van der Waals surface area (Å²) in [6, 6.07) is 0. The predicted octanol–water partition coefficient (Wildman–Crippen LogP) is -1.55. The molecule has 0 bridgehead atoms. The maximum absolute atomic E-state index is 9.93. The largest absolute Gasteiger partial charge is 0.469 e. The van der Waals surface area contributed by atoms with Crippen molar-refractivity contribution in [3.63, 3.8) is 0 Å². The number of aliphatic hydroxyl groups is 2. The minimum atomic E-state index is -4.50. The third-order valence-electron chi connectivity index (χ3n) is 0.646. The minimum absolute atomic E-state index is 0. The smallest absolute Gasteiger partial charge is 0.394 e. The number of phosphoric ester groups is 1. The van der Waals surface area contributed by atoms with Crippen LogP contribution in [0.5, 0.6) is 0 Å². The Morgan fingerprint density at radius 3 is 2.18 bits per heavy atom. The van der Waals surface area contributed by atoms with Crippen LogP contribution < -0.4 is 0 Å². The molecule has 0 heterocycles. The van der Waals surface area contributed by atoms with Crippen LogP contribution >= 0.6 is 7.82 Å². The second kappa shape index (κ2) is 6.11. The average molecular weight is 236 g/mol. The number of hydrogen-bond donors (Lipinski definition) is 4. The van der Waals surface area contributed by atoms with Crippen molar-refractivity contribution in [1.29, 1.82) is 0 Å². The van der Waals surface area contributed by atoms with Gasteiger partial charge >= 0.3 is 7.82 Å². The number of aliphatic hydroxyl groups excluding tert-OH is 2. The molecule has 0 fully saturated rings. The van der Waals surface area contributed by atoms with Gasteiger partial charge < -0.3 is 20.0 Å². The molecule has 8 heteroatoms. The normalized spacial score (nSPS) is 13.8. The molecule has 73 valence electrons. The fraction of sp³-hybridized carbons (Fsp3) is 1.00. The molecule has 0 saturated heterocycles. The summed E-state index contributed by atoms with van der Waals surface area (Å²) < 4.78 is 13.8. The molecule has 0 aromatic heterocycles. The standard InChI is InChI=1S/C3H9O6P.Cu/c4-1-3(5)2-9-10(6,7)8;/h3-5H,1-2H2,(H2,6,7,8);. The monoisotopic (exact) mass is 235 g/mol. The molecule has 11 heavy (non-hydrogen) atoms. The van der Waals surface area contributed by atoms with Crippen molar-refractivity contribution >= 4 is 7.82 Å². The number of hydrogen-bond acceptors (Lipinski definition) is 4. The Labute approximate surface area is 73.9 Å². The maximum atomic E-state index is 9.93. The molecule has 0 aromatic rings. The summed E-state index contributed by atoms with van der Waals surface area (Å²) in [6.07, 6.45) is -1.24. The Kier molecular flexibility index (Phi) is 7.83. The van der Waals surface area contributed by atoms with Crippen LogP contribution in [0.1, 0.15) is 0 Å². The average Bonchev–Trinajstić information content (AvgIpc) is 1.81. The van der Waals surface area contributed by atoms with E-state index in [9.17, 15) is 4.57 Å². The molecule has 0 aliphatic carbocycles. The Morgan fingerprint density at radius 2 is 1.91 bits per heavy atom. The van der Waals surface area contributed by atoms with E-state index in [1.807, 2.05) is 0 Å². The summed E-state index contributed by atoms with van der Waals surface area (Å²) in [7, 11) is -4.50. The van der Waals surface area contributed by atoms with Crippen LogP contribution in [0.15, 0.2) is 0 Å². The van der Waals surface area contributed by atoms with Crippen molar-refractivity contribution in [3.05, 3.63) is 0 Å². The number of phosphoric acid groups is 1. The van der Waals surface area contributed by atoms with Gasteiger partial charge in [0.1, 0.15) is 6.10 Å². The van der Waals surface area contributed by atoms with E-state index in [1.165, 1.54) is 0 Å². The fourth-order valence-electron chi connectivity index (χ4n) is 0.236. The van der Waals surface area contributed by atoms with Gasteiger partial charge in [0, 0.05) is 17.1 Å². The molecule has 4 N–H and O–H groups in total. The van der Waals surface area contributed by atoms with Crippen molar-refractivity contribution in [2.45, 2.75) is 6.10 Å². The molecule has 1 unspecified atom stereocenters. The molecule has 0 aliphatic rings. The molecule has 1 atom stereocenters. The molecule has 1 radical (unpaired) electrons. The zero-order chi connectivity index (χ0) is 8.20. The third kappa shape index (κ3) is 10.5. The van der Waals surface area contributed by atoms with E-state index in [4.69, 9.17) is 20.0 Å². The van der Waals surface area contributed by atoms with Gasteiger partial charge in [-0.05, 0) is 0 Å². The zero-order valence-corrected chi connectivity index (χ0v) is 7.18. The Balaban J connectivity index is 0. The van der Waals surface area contributed by atoms with Crippen LogP contribution in [0.4, 0.5) is 0 Å². The van der Waals surface area contributed by atoms with E-state index in [2.05, 4.69) is 4.52 Å². The van der Waals surface area contributed by atoms with Crippen molar-refractivity contribution < 1.29 is 46.2 Å². The molecular formula is C3H9CuO6P. The Hall–Kier alpha value is 0.549. The summed E-state index contributed by atoms with van der Waals surface area (Å²) in [5, 5.41) is 16.7. The summed E-state index contributed by atoms with van der Waals surface area (Å²) in [5.74, 6) is 0. The van der Waals surface area contributed by atoms with Crippen molar-refractivity contribution in [3.8, 4) is 0 Å². The summed E-state index contributed by atoms with van der Waals surface area (Å²) >= 11 is 0. The van der Waals surface area contributed by atoms with Crippen LogP contribution in [-0.4, -0.2) is 39.3 Å². The van der Waals surface area contributed by atoms with Gasteiger partial charge in [-0.2, -0.15) is 0 Å². The van der Waals surface area contributed by atoms with Crippen molar-refractivity contribution in [2.75, 3.05) is 13.2 Å². The quantitative estimate of drug-likeness (QED) is 0.347. The van der Waals surface area contributed by atoms with Gasteiger partial charge in [0.15, 0.2) is 0 Å². The first-order valence-corrected chi connectivity index (χ1v) is 3.98. The first-order chi connectivity index (χ1) is 4.45. The fourth-order valence-corrected chi connectivity index (χ4v) is 0.602. The first kappa shape index (κ1) is 14.1. The van der Waals surface area contributed by atoms with Gasteiger partial charge in [0.05, 0.1) is 13.2 Å². The maximum Gasteiger partial charge on any atom is 0.469 e. The molecule has 0 aromatic carbocycles. The topological polar surface area (TPSA) is 107 Å². The van der Waals surface area contributed by atoms with Gasteiger partial charge in [0.25, 0.3) is 0 Å². The Morgan fingerprint density at radius 1 is 1.45 bits per heavy atom. The molecule has 0 aliphatic heterocycles. The third-order valence-corrected chi connectivity index (χ3v) is 1.13. The minimum Gasteiger partial charge on any atom is -0.394 e. The van der Waals surface area contributed by atoms with Crippen LogP contribution in [0.2, 0.25) is 0 Å². The second-order valence-corrected chi connectivity index (χ2v) is 2.86. The van der Waals surface area contributed by atoms with Crippen LogP contribution in [0.3, 0.4) is 0 Å². The van der Waals surface area contributed by atoms with E-state index in [-0.39, 0.29) is 17.1 Å². The SMILES string of the molecule is O=P(O)(O)OCC(O)CO.[Cu]. The number of rotatable bonds is 4. The van der Waals surface area contributed by atoms with E-state index in [0.29, 0.717) is 0 Å². The van der Waals surface area contributed by atoms with Gasteiger partial charge in [-0.1, -0.05) is 0 Å². The molecule has 6 nitrogen and oxygen atoms in total. The van der Waals surface area contributed by atoms with E-state index in [1.54, 1.807) is 0 Å². The zero-order valence-electron chi connectivity index (χ0n) is 5.35. The molecule has 0 saturated carbocycles. The van der Waals surface area contributed by atoms with E-state index < -0.39 is 27.1 Å². The summed E-state index contributed by atoms with van der Waals surface area (Å²) in [4.78, 5) is 16.1. The molecule has 0 spiro atoms. The summed E-state index contributed by atoms with van der Waals surface area (Å²) in [5.41, 5.74) is 0. The van der Waals surface area contributed by atoms with Crippen LogP contribution in [0.25, 0.3) is 0 Å². The van der Waals surface area contributed by atoms with Gasteiger partial charge in [-0.15, -0.1) is 0 Å².